The van der Waals surface area contributed by atoms with Crippen LogP contribution in [0, 0.1) is 20.2 Å². The summed E-state index contributed by atoms with van der Waals surface area (Å²) >= 11 is 0. The van der Waals surface area contributed by atoms with Gasteiger partial charge in [0.25, 0.3) is 11.4 Å². The van der Waals surface area contributed by atoms with Crippen molar-refractivity contribution in [1.29, 1.82) is 0 Å². The number of hydrogen-bond acceptors (Lipinski definition) is 7. The van der Waals surface area contributed by atoms with E-state index in [0.29, 0.717) is 0 Å². The second kappa shape index (κ2) is 12.8. The molecule has 16 heteroatoms. The van der Waals surface area contributed by atoms with Crippen LogP contribution in [0.1, 0.15) is 11.1 Å². The number of hydrogen-bond donors (Lipinski definition) is 0. The Morgan fingerprint density at radius 1 is 0.542 bits per heavy atom. The lowest BCUT2D eigenvalue weighted by molar-refractivity contribution is -0.385. The first-order chi connectivity index (χ1) is 22.6. The molecule has 9 nitrogen and oxygen atoms in total. The maximum Gasteiger partial charge on any atom is 0.420 e. The topological polar surface area (TPSA) is 122 Å². The predicted molar refractivity (Wildman–Crippen MR) is 162 cm³/mol. The van der Waals surface area contributed by atoms with Crippen LogP contribution in [0.4, 0.5) is 37.7 Å². The fourth-order valence-corrected chi connectivity index (χ4v) is 7.50. The molecule has 0 aliphatic heterocycles. The molecule has 0 aromatic heterocycles. The van der Waals surface area contributed by atoms with Crippen molar-refractivity contribution < 1.29 is 50.2 Å². The van der Waals surface area contributed by atoms with Gasteiger partial charge in [-0.1, -0.05) is 60.7 Å². The van der Waals surface area contributed by atoms with E-state index in [1.54, 1.807) is 36.4 Å². The number of ether oxygens (including phenoxy) is 2. The SMILES string of the molecule is O=[N+]([O-])c1ccc(Oc2ccc(Oc3ccc([N+](=O)[O-])cc3C(F)(F)F)c(P(=O)(c3ccccc3)c3ccccc3)c2)c(C(F)(F)F)c1. The van der Waals surface area contributed by atoms with E-state index in [1.807, 2.05) is 0 Å². The van der Waals surface area contributed by atoms with Crippen molar-refractivity contribution in [1.82, 2.24) is 0 Å². The summed E-state index contributed by atoms with van der Waals surface area (Å²) in [5.41, 5.74) is -4.74. The van der Waals surface area contributed by atoms with Crippen LogP contribution in [-0.4, -0.2) is 9.85 Å². The minimum absolute atomic E-state index is 0.171. The molecule has 0 unspecified atom stereocenters. The number of halogens is 6. The quantitative estimate of drug-likeness (QED) is 0.0657. The van der Waals surface area contributed by atoms with Crippen molar-refractivity contribution in [3.63, 3.8) is 0 Å². The van der Waals surface area contributed by atoms with Crippen molar-refractivity contribution in [3.05, 3.63) is 147 Å². The molecule has 5 aromatic rings. The Bertz CT molecular complexity index is 2010. The summed E-state index contributed by atoms with van der Waals surface area (Å²) < 4.78 is 110. The molecule has 0 aliphatic carbocycles. The predicted octanol–water partition coefficient (Wildman–Crippen LogP) is 8.76. The summed E-state index contributed by atoms with van der Waals surface area (Å²) in [7, 11) is -4.14. The summed E-state index contributed by atoms with van der Waals surface area (Å²) in [6, 6.07) is 22.1. The lowest BCUT2D eigenvalue weighted by atomic mass is 10.1. The number of alkyl halides is 6. The molecule has 0 saturated heterocycles. The first-order valence-corrected chi connectivity index (χ1v) is 15.2. The molecule has 5 aromatic carbocycles. The Hall–Kier alpha value is -5.69. The van der Waals surface area contributed by atoms with Crippen LogP contribution >= 0.6 is 7.14 Å². The second-order valence-corrected chi connectivity index (χ2v) is 12.7. The van der Waals surface area contributed by atoms with Gasteiger partial charge in [-0.15, -0.1) is 0 Å². The van der Waals surface area contributed by atoms with Crippen molar-refractivity contribution >= 4 is 34.4 Å². The van der Waals surface area contributed by atoms with Crippen molar-refractivity contribution in [2.75, 3.05) is 0 Å². The first-order valence-electron chi connectivity index (χ1n) is 13.5. The summed E-state index contributed by atoms with van der Waals surface area (Å²) in [6.07, 6.45) is -10.2. The van der Waals surface area contributed by atoms with Gasteiger partial charge < -0.3 is 14.0 Å². The van der Waals surface area contributed by atoms with Gasteiger partial charge in [0.1, 0.15) is 34.1 Å². The van der Waals surface area contributed by atoms with Crippen LogP contribution < -0.4 is 25.4 Å². The maximum atomic E-state index is 15.3. The molecule has 246 valence electrons. The zero-order valence-electron chi connectivity index (χ0n) is 23.9. The highest BCUT2D eigenvalue weighted by Crippen LogP contribution is 2.49. The smallest absolute Gasteiger partial charge is 0.420 e. The van der Waals surface area contributed by atoms with Gasteiger partial charge in [0.2, 0.25) is 0 Å². The molecule has 0 bridgehead atoms. The van der Waals surface area contributed by atoms with E-state index < -0.39 is 69.1 Å². The Morgan fingerprint density at radius 3 is 1.38 bits per heavy atom. The van der Waals surface area contributed by atoms with Gasteiger partial charge in [-0.05, 0) is 30.3 Å². The highest BCUT2D eigenvalue weighted by Gasteiger charge is 2.39. The third-order valence-corrected chi connectivity index (χ3v) is 9.99. The zero-order valence-corrected chi connectivity index (χ0v) is 24.8. The van der Waals surface area contributed by atoms with Gasteiger partial charge in [0.15, 0.2) is 7.14 Å². The molecule has 48 heavy (non-hydrogen) atoms. The van der Waals surface area contributed by atoms with E-state index in [4.69, 9.17) is 9.47 Å². The van der Waals surface area contributed by atoms with E-state index >= 15 is 4.57 Å². The van der Waals surface area contributed by atoms with Crippen LogP contribution in [0.3, 0.4) is 0 Å². The van der Waals surface area contributed by atoms with Crippen LogP contribution in [0.2, 0.25) is 0 Å². The van der Waals surface area contributed by atoms with Crippen molar-refractivity contribution in [3.8, 4) is 23.0 Å². The standard InChI is InChI=1S/C32H19F6N2O7P/c33-31(34,35)25-17-20(39(41)42)11-14-27(25)46-22-13-16-29(47-28-15-12-21(40(43)44)18-26(28)32(36,37)38)30(19-22)48(45,23-7-3-1-4-8-23)24-9-5-2-6-10-24/h1-19H. The highest BCUT2D eigenvalue weighted by molar-refractivity contribution is 7.85. The fraction of sp³-hybridized carbons (Fsp3) is 0.0625. The molecule has 0 N–H and O–H groups in total. The van der Waals surface area contributed by atoms with Gasteiger partial charge >= 0.3 is 12.4 Å². The third kappa shape index (κ3) is 6.86. The van der Waals surface area contributed by atoms with Gasteiger partial charge in [-0.25, -0.2) is 0 Å². The number of non-ortho nitro benzene ring substituents is 2. The summed E-state index contributed by atoms with van der Waals surface area (Å²) in [4.78, 5) is 20.3. The normalized spacial score (nSPS) is 12.0. The Morgan fingerprint density at radius 2 is 0.958 bits per heavy atom. The van der Waals surface area contributed by atoms with Crippen LogP contribution in [0.5, 0.6) is 23.0 Å². The molecule has 0 radical (unpaired) electrons. The van der Waals surface area contributed by atoms with E-state index in [1.165, 1.54) is 24.3 Å². The van der Waals surface area contributed by atoms with Gasteiger partial charge in [-0.3, -0.25) is 20.2 Å². The number of nitrogens with zero attached hydrogens (tertiary/aromatic N) is 2. The zero-order chi connectivity index (χ0) is 34.9. The highest BCUT2D eigenvalue weighted by atomic mass is 31.2. The minimum atomic E-state index is -5.13. The summed E-state index contributed by atoms with van der Waals surface area (Å²) in [6.45, 7) is 0. The lowest BCUT2D eigenvalue weighted by Crippen LogP contribution is -2.26. The second-order valence-electron chi connectivity index (χ2n) is 9.98. The van der Waals surface area contributed by atoms with Gasteiger partial charge in [0.05, 0.1) is 15.2 Å². The van der Waals surface area contributed by atoms with Crippen molar-refractivity contribution in [2.24, 2.45) is 0 Å². The number of nitro groups is 2. The molecule has 0 saturated carbocycles. The minimum Gasteiger partial charge on any atom is -0.457 e. The van der Waals surface area contributed by atoms with Crippen LogP contribution in [0.15, 0.2) is 115 Å². The molecule has 0 amide bonds. The Balaban J connectivity index is 1.75. The number of rotatable bonds is 9. The maximum absolute atomic E-state index is 15.3. The lowest BCUT2D eigenvalue weighted by Gasteiger charge is -2.24. The molecule has 0 fully saturated rings. The van der Waals surface area contributed by atoms with Crippen LogP contribution in [0.25, 0.3) is 0 Å². The average molecular weight is 688 g/mol. The molecule has 0 atom stereocenters. The molecular weight excluding hydrogens is 669 g/mol. The molecular formula is C32H19F6N2O7P. The Kier molecular flexibility index (Phi) is 9.00. The van der Waals surface area contributed by atoms with E-state index in [9.17, 15) is 46.6 Å². The molecule has 0 aliphatic rings. The van der Waals surface area contributed by atoms with Gasteiger partial charge in [0, 0.05) is 34.9 Å². The Labute approximate surface area is 266 Å². The largest absolute Gasteiger partial charge is 0.457 e. The van der Waals surface area contributed by atoms with Crippen LogP contribution in [-0.2, 0) is 16.9 Å². The number of nitro benzene ring substituents is 2. The summed E-state index contributed by atoms with van der Waals surface area (Å²) in [5.74, 6) is -2.54. The molecule has 5 rings (SSSR count). The van der Waals surface area contributed by atoms with Crippen molar-refractivity contribution in [2.45, 2.75) is 12.4 Å². The average Bonchev–Trinajstić information content (AvgIpc) is 3.05. The van der Waals surface area contributed by atoms with E-state index in [2.05, 4.69) is 0 Å². The fourth-order valence-electron chi connectivity index (χ4n) is 4.73. The summed E-state index contributed by atoms with van der Waals surface area (Å²) in [5, 5.41) is 22.4. The molecule has 0 spiro atoms. The molecule has 0 heterocycles. The van der Waals surface area contributed by atoms with Gasteiger partial charge in [-0.2, -0.15) is 26.3 Å². The first kappa shape index (κ1) is 33.7. The third-order valence-electron chi connectivity index (χ3n) is 6.92. The van der Waals surface area contributed by atoms with E-state index in [-0.39, 0.29) is 33.8 Å². The number of benzene rings is 5. The van der Waals surface area contributed by atoms with E-state index in [0.717, 1.165) is 42.5 Å². The monoisotopic (exact) mass is 688 g/mol.